The first-order valence-corrected chi connectivity index (χ1v) is 6.17. The average molecular weight is 255 g/mol. The predicted molar refractivity (Wildman–Crippen MR) is 71.0 cm³/mol. The molecule has 0 saturated carbocycles. The Morgan fingerprint density at radius 2 is 1.94 bits per heavy atom. The van der Waals surface area contributed by atoms with Gasteiger partial charge in [0.1, 0.15) is 0 Å². The summed E-state index contributed by atoms with van der Waals surface area (Å²) in [6, 6.07) is 7.58. The zero-order chi connectivity index (χ0) is 12.7. The lowest BCUT2D eigenvalue weighted by Crippen LogP contribution is -2.35. The zero-order valence-electron chi connectivity index (χ0n) is 10.3. The molecule has 0 heterocycles. The predicted octanol–water partition coefficient (Wildman–Crippen LogP) is 2.20. The number of benzene rings is 1. The highest BCUT2D eigenvalue weighted by atomic mass is 35.5. The van der Waals surface area contributed by atoms with E-state index in [0.717, 1.165) is 17.1 Å². The summed E-state index contributed by atoms with van der Waals surface area (Å²) in [6.45, 7) is 5.88. The van der Waals surface area contributed by atoms with Crippen molar-refractivity contribution in [2.24, 2.45) is 5.92 Å². The highest BCUT2D eigenvalue weighted by molar-refractivity contribution is 6.30. The van der Waals surface area contributed by atoms with Gasteiger partial charge in [-0.1, -0.05) is 37.6 Å². The molecule has 0 fully saturated rings. The van der Waals surface area contributed by atoms with Crippen molar-refractivity contribution in [3.8, 4) is 0 Å². The average Bonchev–Trinajstić information content (AvgIpc) is 2.29. The van der Waals surface area contributed by atoms with Crippen LogP contribution in [0.5, 0.6) is 0 Å². The van der Waals surface area contributed by atoms with Crippen LogP contribution in [0.2, 0.25) is 5.02 Å². The Morgan fingerprint density at radius 3 is 2.53 bits per heavy atom. The van der Waals surface area contributed by atoms with E-state index in [9.17, 15) is 4.79 Å². The Hall–Kier alpha value is -1.06. The van der Waals surface area contributed by atoms with E-state index in [0.29, 0.717) is 19.0 Å². The molecule has 1 aromatic rings. The second kappa shape index (κ2) is 7.30. The molecule has 0 saturated heterocycles. The van der Waals surface area contributed by atoms with Crippen molar-refractivity contribution < 1.29 is 4.79 Å². The fraction of sp³-hybridized carbons (Fsp3) is 0.462. The van der Waals surface area contributed by atoms with E-state index < -0.39 is 0 Å². The molecule has 0 aromatic heterocycles. The summed E-state index contributed by atoms with van der Waals surface area (Å²) in [5.41, 5.74) is 1.12. The van der Waals surface area contributed by atoms with Crippen molar-refractivity contribution in [2.45, 2.75) is 20.4 Å². The molecule has 0 radical (unpaired) electrons. The van der Waals surface area contributed by atoms with Gasteiger partial charge in [0, 0.05) is 18.1 Å². The van der Waals surface area contributed by atoms with Gasteiger partial charge in [0.05, 0.1) is 6.54 Å². The van der Waals surface area contributed by atoms with E-state index >= 15 is 0 Å². The Bertz CT molecular complexity index is 349. The summed E-state index contributed by atoms with van der Waals surface area (Å²) in [7, 11) is 0. The van der Waals surface area contributed by atoms with E-state index in [1.54, 1.807) is 0 Å². The molecule has 94 valence electrons. The van der Waals surface area contributed by atoms with Gasteiger partial charge in [0.2, 0.25) is 5.91 Å². The summed E-state index contributed by atoms with van der Waals surface area (Å²) in [6.07, 6.45) is 0. The summed E-state index contributed by atoms with van der Waals surface area (Å²) >= 11 is 5.78. The second-order valence-corrected chi connectivity index (χ2v) is 4.86. The van der Waals surface area contributed by atoms with Gasteiger partial charge in [-0.15, -0.1) is 0 Å². The van der Waals surface area contributed by atoms with Crippen LogP contribution in [0.1, 0.15) is 19.4 Å². The minimum atomic E-state index is 0.0349. The van der Waals surface area contributed by atoms with Crippen molar-refractivity contribution in [2.75, 3.05) is 13.1 Å². The molecular weight excluding hydrogens is 236 g/mol. The van der Waals surface area contributed by atoms with Crippen molar-refractivity contribution in [3.63, 3.8) is 0 Å². The SMILES string of the molecule is CC(C)CNC(=O)CNCc1ccc(Cl)cc1. The maximum atomic E-state index is 11.4. The number of rotatable bonds is 6. The Labute approximate surface area is 108 Å². The van der Waals surface area contributed by atoms with Crippen LogP contribution < -0.4 is 10.6 Å². The van der Waals surface area contributed by atoms with Crippen molar-refractivity contribution in [3.05, 3.63) is 34.9 Å². The van der Waals surface area contributed by atoms with Gasteiger partial charge >= 0.3 is 0 Å². The van der Waals surface area contributed by atoms with Crippen LogP contribution in [0.15, 0.2) is 24.3 Å². The molecule has 17 heavy (non-hydrogen) atoms. The topological polar surface area (TPSA) is 41.1 Å². The normalized spacial score (nSPS) is 10.6. The van der Waals surface area contributed by atoms with E-state index in [1.807, 2.05) is 24.3 Å². The van der Waals surface area contributed by atoms with E-state index in [1.165, 1.54) is 0 Å². The van der Waals surface area contributed by atoms with Crippen molar-refractivity contribution in [1.82, 2.24) is 10.6 Å². The first-order chi connectivity index (χ1) is 8.08. The third-order valence-corrected chi connectivity index (χ3v) is 2.49. The van der Waals surface area contributed by atoms with Gasteiger partial charge < -0.3 is 10.6 Å². The number of hydrogen-bond acceptors (Lipinski definition) is 2. The molecule has 0 bridgehead atoms. The molecule has 0 atom stereocenters. The zero-order valence-corrected chi connectivity index (χ0v) is 11.1. The number of carbonyl (C=O) groups is 1. The van der Waals surface area contributed by atoms with Crippen LogP contribution in [0.3, 0.4) is 0 Å². The standard InChI is InChI=1S/C13H19ClN2O/c1-10(2)7-16-13(17)9-15-8-11-3-5-12(14)6-4-11/h3-6,10,15H,7-9H2,1-2H3,(H,16,17). The van der Waals surface area contributed by atoms with E-state index in [-0.39, 0.29) is 5.91 Å². The monoisotopic (exact) mass is 254 g/mol. The first kappa shape index (κ1) is 14.0. The highest BCUT2D eigenvalue weighted by Crippen LogP contribution is 2.08. The fourth-order valence-corrected chi connectivity index (χ4v) is 1.43. The van der Waals surface area contributed by atoms with E-state index in [2.05, 4.69) is 24.5 Å². The van der Waals surface area contributed by atoms with Gasteiger partial charge in [-0.25, -0.2) is 0 Å². The molecule has 0 unspecified atom stereocenters. The molecule has 2 N–H and O–H groups in total. The maximum Gasteiger partial charge on any atom is 0.233 e. The third-order valence-electron chi connectivity index (χ3n) is 2.24. The summed E-state index contributed by atoms with van der Waals surface area (Å²) < 4.78 is 0. The third kappa shape index (κ3) is 6.29. The number of hydrogen-bond donors (Lipinski definition) is 2. The Kier molecular flexibility index (Phi) is 6.01. The van der Waals surface area contributed by atoms with Crippen LogP contribution in [-0.4, -0.2) is 19.0 Å². The minimum Gasteiger partial charge on any atom is -0.355 e. The Balaban J connectivity index is 2.19. The quantitative estimate of drug-likeness (QED) is 0.817. The highest BCUT2D eigenvalue weighted by Gasteiger charge is 2.01. The van der Waals surface area contributed by atoms with Crippen molar-refractivity contribution in [1.29, 1.82) is 0 Å². The van der Waals surface area contributed by atoms with Gasteiger partial charge in [0.15, 0.2) is 0 Å². The second-order valence-electron chi connectivity index (χ2n) is 4.43. The van der Waals surface area contributed by atoms with Crippen LogP contribution in [0, 0.1) is 5.92 Å². The van der Waals surface area contributed by atoms with Crippen LogP contribution in [0.25, 0.3) is 0 Å². The van der Waals surface area contributed by atoms with Gasteiger partial charge in [-0.05, 0) is 23.6 Å². The maximum absolute atomic E-state index is 11.4. The largest absolute Gasteiger partial charge is 0.355 e. The molecule has 0 spiro atoms. The summed E-state index contributed by atoms with van der Waals surface area (Å²) in [5.74, 6) is 0.517. The Morgan fingerprint density at radius 1 is 1.29 bits per heavy atom. The summed E-state index contributed by atoms with van der Waals surface area (Å²) in [4.78, 5) is 11.4. The lowest BCUT2D eigenvalue weighted by molar-refractivity contribution is -0.120. The molecule has 0 aliphatic heterocycles. The van der Waals surface area contributed by atoms with Crippen LogP contribution >= 0.6 is 11.6 Å². The molecule has 3 nitrogen and oxygen atoms in total. The molecular formula is C13H19ClN2O. The number of amides is 1. The molecule has 0 aliphatic rings. The molecule has 1 rings (SSSR count). The summed E-state index contributed by atoms with van der Waals surface area (Å²) in [5, 5.41) is 6.67. The van der Waals surface area contributed by atoms with Gasteiger partial charge in [0.25, 0.3) is 0 Å². The molecule has 4 heteroatoms. The first-order valence-electron chi connectivity index (χ1n) is 5.80. The van der Waals surface area contributed by atoms with Gasteiger partial charge in [-0.2, -0.15) is 0 Å². The number of nitrogens with one attached hydrogen (secondary N) is 2. The molecule has 0 aliphatic carbocycles. The lowest BCUT2D eigenvalue weighted by atomic mass is 10.2. The van der Waals surface area contributed by atoms with Crippen LogP contribution in [0.4, 0.5) is 0 Å². The molecule has 1 aromatic carbocycles. The molecule has 1 amide bonds. The van der Waals surface area contributed by atoms with Crippen molar-refractivity contribution >= 4 is 17.5 Å². The fourth-order valence-electron chi connectivity index (χ4n) is 1.30. The minimum absolute atomic E-state index is 0.0349. The number of halogens is 1. The van der Waals surface area contributed by atoms with E-state index in [4.69, 9.17) is 11.6 Å². The lowest BCUT2D eigenvalue weighted by Gasteiger charge is -2.08. The van der Waals surface area contributed by atoms with Gasteiger partial charge in [-0.3, -0.25) is 4.79 Å². The smallest absolute Gasteiger partial charge is 0.233 e. The van der Waals surface area contributed by atoms with Crippen LogP contribution in [-0.2, 0) is 11.3 Å². The number of carbonyl (C=O) groups excluding carboxylic acids is 1.